The fraction of sp³-hybridized carbons (Fsp3) is 0.667. The summed E-state index contributed by atoms with van der Waals surface area (Å²) in [5.41, 5.74) is 0. The summed E-state index contributed by atoms with van der Waals surface area (Å²) in [5.74, 6) is 0. The van der Waals surface area contributed by atoms with Crippen LogP contribution in [0.5, 0.6) is 0 Å². The zero-order chi connectivity index (χ0) is 12.8. The third-order valence-electron chi connectivity index (χ3n) is 2.20. The van der Waals surface area contributed by atoms with Gasteiger partial charge in [-0.2, -0.15) is 0 Å². The molecule has 2 N–H and O–H groups in total. The molecule has 2 bridgehead atoms. The van der Waals surface area contributed by atoms with Gasteiger partial charge in [0.15, 0.2) is 0 Å². The molecule has 4 heteroatoms. The maximum absolute atomic E-state index is 7.00. The highest BCUT2D eigenvalue weighted by atomic mass is 16.5. The van der Waals surface area contributed by atoms with Gasteiger partial charge in [-0.25, -0.2) is 0 Å². The highest BCUT2D eigenvalue weighted by Gasteiger charge is 2.31. The second kappa shape index (κ2) is 14.2. The van der Waals surface area contributed by atoms with Gasteiger partial charge in [-0.3, -0.25) is 0 Å². The molecule has 0 aromatic heterocycles. The van der Waals surface area contributed by atoms with Crippen LogP contribution in [-0.4, -0.2) is 36.6 Å². The van der Waals surface area contributed by atoms with E-state index in [2.05, 4.69) is 17.9 Å². The molecule has 0 aliphatic carbocycles. The first-order valence-electron chi connectivity index (χ1n) is 5.29. The number of aliphatic hydroxyl groups is 2. The lowest BCUT2D eigenvalue weighted by Crippen LogP contribution is -1.98. The van der Waals surface area contributed by atoms with Gasteiger partial charge in [0.1, 0.15) is 0 Å². The Morgan fingerprint density at radius 1 is 0.938 bits per heavy atom. The molecule has 2 aliphatic heterocycles. The highest BCUT2D eigenvalue weighted by Crippen LogP contribution is 2.33. The van der Waals surface area contributed by atoms with Crippen molar-refractivity contribution < 1.29 is 19.7 Å². The highest BCUT2D eigenvalue weighted by molar-refractivity contribution is 4.81. The lowest BCUT2D eigenvalue weighted by molar-refractivity contribution is 0.105. The van der Waals surface area contributed by atoms with E-state index >= 15 is 0 Å². The fourth-order valence-corrected chi connectivity index (χ4v) is 1.64. The van der Waals surface area contributed by atoms with Gasteiger partial charge in [0.05, 0.1) is 24.7 Å². The van der Waals surface area contributed by atoms with Gasteiger partial charge in [-0.15, -0.1) is 0 Å². The maximum atomic E-state index is 7.00. The second-order valence-electron chi connectivity index (χ2n) is 3.00. The predicted molar refractivity (Wildman–Crippen MR) is 64.9 cm³/mol. The molecular formula is C12H24O4. The number of rotatable bonds is 2. The molecule has 2 heterocycles. The Morgan fingerprint density at radius 2 is 1.25 bits per heavy atom. The lowest BCUT2D eigenvalue weighted by atomic mass is 10.0. The van der Waals surface area contributed by atoms with Crippen LogP contribution < -0.4 is 0 Å². The van der Waals surface area contributed by atoms with E-state index in [0.29, 0.717) is 12.2 Å². The molecule has 2 saturated heterocycles. The monoisotopic (exact) mass is 232 g/mol. The average molecular weight is 232 g/mol. The molecule has 0 radical (unpaired) electrons. The van der Waals surface area contributed by atoms with Crippen LogP contribution in [0.2, 0.25) is 0 Å². The summed E-state index contributed by atoms with van der Waals surface area (Å²) in [6.07, 6.45) is 9.32. The first kappa shape index (κ1) is 17.6. The van der Waals surface area contributed by atoms with Crippen molar-refractivity contribution in [2.75, 3.05) is 14.2 Å². The van der Waals surface area contributed by atoms with Crippen LogP contribution in [0.25, 0.3) is 0 Å². The van der Waals surface area contributed by atoms with E-state index in [1.165, 1.54) is 38.2 Å². The minimum Gasteiger partial charge on any atom is -0.474 e. The summed E-state index contributed by atoms with van der Waals surface area (Å²) in [6.45, 7) is 6.51. The van der Waals surface area contributed by atoms with Crippen LogP contribution in [0.3, 0.4) is 0 Å². The van der Waals surface area contributed by atoms with E-state index in [1.807, 2.05) is 0 Å². The number of hydrogen-bond donors (Lipinski definition) is 2. The largest absolute Gasteiger partial charge is 0.474 e. The first-order chi connectivity index (χ1) is 7.86. The normalized spacial score (nSPS) is 23.5. The number of fused-ring (bicyclic) bond motifs is 2. The van der Waals surface area contributed by atoms with E-state index in [-0.39, 0.29) is 0 Å². The van der Waals surface area contributed by atoms with Crippen LogP contribution in [0, 0.1) is 0 Å². The number of ether oxygens (including phenoxy) is 2. The van der Waals surface area contributed by atoms with Gasteiger partial charge in [0, 0.05) is 14.2 Å². The maximum Gasteiger partial charge on any atom is 0.0829 e. The van der Waals surface area contributed by atoms with Crippen molar-refractivity contribution in [2.45, 2.75) is 37.9 Å². The van der Waals surface area contributed by atoms with E-state index in [0.717, 1.165) is 14.2 Å². The third-order valence-corrected chi connectivity index (χ3v) is 2.20. The van der Waals surface area contributed by atoms with E-state index in [9.17, 15) is 0 Å². The van der Waals surface area contributed by atoms with E-state index in [1.54, 1.807) is 0 Å². The van der Waals surface area contributed by atoms with Crippen molar-refractivity contribution >= 4 is 0 Å². The molecular weight excluding hydrogens is 208 g/mol. The molecule has 2 fully saturated rings. The zero-order valence-electron chi connectivity index (χ0n) is 10.3. The summed E-state index contributed by atoms with van der Waals surface area (Å²) in [7, 11) is 2.00. The minimum atomic E-state index is 0.671. The molecule has 0 aromatic rings. The summed E-state index contributed by atoms with van der Waals surface area (Å²) in [4.78, 5) is 0. The fourth-order valence-electron chi connectivity index (χ4n) is 1.64. The third kappa shape index (κ3) is 8.47. The van der Waals surface area contributed by atoms with Gasteiger partial charge in [0.25, 0.3) is 0 Å². The molecule has 0 saturated carbocycles. The smallest absolute Gasteiger partial charge is 0.0829 e. The van der Waals surface area contributed by atoms with Crippen molar-refractivity contribution in [2.24, 2.45) is 0 Å². The summed E-state index contributed by atoms with van der Waals surface area (Å²) in [5, 5.41) is 14.0. The molecule has 0 atom stereocenters. The van der Waals surface area contributed by atoms with Crippen LogP contribution in [-0.2, 0) is 9.47 Å². The number of hydrogen-bond acceptors (Lipinski definition) is 4. The molecule has 0 aromatic carbocycles. The summed E-state index contributed by atoms with van der Waals surface area (Å²) in [6, 6.07) is 0. The van der Waals surface area contributed by atoms with Crippen LogP contribution in [0.1, 0.15) is 25.7 Å². The van der Waals surface area contributed by atoms with E-state index in [4.69, 9.17) is 14.9 Å². The topological polar surface area (TPSA) is 58.9 Å². The molecule has 4 nitrogen and oxygen atoms in total. The van der Waals surface area contributed by atoms with E-state index < -0.39 is 0 Å². The molecule has 0 unspecified atom stereocenters. The molecule has 2 aliphatic rings. The number of aliphatic hydroxyl groups excluding tert-OH is 2. The molecule has 2 rings (SSSR count). The minimum absolute atomic E-state index is 0.671. The van der Waals surface area contributed by atoms with Crippen molar-refractivity contribution in [1.82, 2.24) is 0 Å². The molecule has 96 valence electrons. The van der Waals surface area contributed by atoms with Gasteiger partial charge in [0.2, 0.25) is 0 Å². The first-order valence-corrected chi connectivity index (χ1v) is 5.29. The molecule has 0 amide bonds. The SMILES string of the molecule is C1CC2CCC1O2.C=COC=C.CO.CO. The Kier molecular flexibility index (Phi) is 15.5. The predicted octanol–water partition coefficient (Wildman–Crippen LogP) is 1.83. The Hall–Kier alpha value is -0.840. The average Bonchev–Trinajstić information content (AvgIpc) is 3.00. The van der Waals surface area contributed by atoms with Crippen LogP contribution >= 0.6 is 0 Å². The summed E-state index contributed by atoms with van der Waals surface area (Å²) < 4.78 is 9.83. The standard InChI is InChI=1S/C6H10O.C4H6O.2CH4O/c1-2-6-4-3-5(1)7-6;1-3-5-4-2;2*1-2/h5-6H,1-4H2;3-4H,1-2H2;2*2H,1H3. The zero-order valence-corrected chi connectivity index (χ0v) is 10.3. The van der Waals surface area contributed by atoms with Crippen LogP contribution in [0.15, 0.2) is 25.7 Å². The second-order valence-corrected chi connectivity index (χ2v) is 3.00. The van der Waals surface area contributed by atoms with Crippen molar-refractivity contribution in [3.05, 3.63) is 25.7 Å². The Labute approximate surface area is 98.2 Å². The summed E-state index contributed by atoms with van der Waals surface area (Å²) >= 11 is 0. The van der Waals surface area contributed by atoms with Gasteiger partial charge in [-0.1, -0.05) is 13.2 Å². The molecule has 0 spiro atoms. The van der Waals surface area contributed by atoms with Crippen molar-refractivity contribution in [3.8, 4) is 0 Å². The quantitative estimate of drug-likeness (QED) is 0.713. The van der Waals surface area contributed by atoms with Crippen molar-refractivity contribution in [3.63, 3.8) is 0 Å². The Balaban J connectivity index is 0. The molecule has 16 heavy (non-hydrogen) atoms. The van der Waals surface area contributed by atoms with Gasteiger partial charge < -0.3 is 19.7 Å². The Morgan fingerprint density at radius 3 is 1.31 bits per heavy atom. The Bertz CT molecular complexity index is 135. The van der Waals surface area contributed by atoms with Crippen LogP contribution in [0.4, 0.5) is 0 Å². The van der Waals surface area contributed by atoms with Crippen molar-refractivity contribution in [1.29, 1.82) is 0 Å². The van der Waals surface area contributed by atoms with Gasteiger partial charge >= 0.3 is 0 Å². The lowest BCUT2D eigenvalue weighted by Gasteiger charge is -2.00. The van der Waals surface area contributed by atoms with Gasteiger partial charge in [-0.05, 0) is 25.7 Å².